The summed E-state index contributed by atoms with van der Waals surface area (Å²) in [5.74, 6) is 0.0136. The van der Waals surface area contributed by atoms with Crippen molar-refractivity contribution in [2.24, 2.45) is 0 Å². The number of benzene rings is 2. The molecule has 1 saturated heterocycles. The number of carbonyl (C=O) groups excluding carboxylic acids is 1. The number of aromatic nitrogens is 4. The third-order valence-electron chi connectivity index (χ3n) is 5.27. The summed E-state index contributed by atoms with van der Waals surface area (Å²) in [6, 6.07) is 12.0. The summed E-state index contributed by atoms with van der Waals surface area (Å²) in [6.07, 6.45) is 2.66. The standard InChI is InChI=1S/C21H23ClN6O3S/c1-15-7-3-4-8-17(15)21-24-26-28(25-21)14-20(29)23-16-9-10-18(22)19(13-16)32(30,31)27-11-5-2-6-12-27/h3-4,7-10,13H,2,5-6,11-12,14H2,1H3,(H,23,29). The number of anilines is 1. The van der Waals surface area contributed by atoms with Gasteiger partial charge < -0.3 is 5.32 Å². The van der Waals surface area contributed by atoms with Gasteiger partial charge in [-0.1, -0.05) is 42.3 Å². The molecule has 0 atom stereocenters. The molecule has 0 aliphatic carbocycles. The van der Waals surface area contributed by atoms with E-state index in [9.17, 15) is 13.2 Å². The van der Waals surface area contributed by atoms with Gasteiger partial charge in [-0.05, 0) is 48.7 Å². The van der Waals surface area contributed by atoms with E-state index in [1.54, 1.807) is 6.07 Å². The predicted molar refractivity (Wildman–Crippen MR) is 121 cm³/mol. The minimum atomic E-state index is -3.73. The van der Waals surface area contributed by atoms with Gasteiger partial charge in [0.05, 0.1) is 5.02 Å². The lowest BCUT2D eigenvalue weighted by Gasteiger charge is -2.26. The highest BCUT2D eigenvalue weighted by molar-refractivity contribution is 7.89. The topological polar surface area (TPSA) is 110 Å². The van der Waals surface area contributed by atoms with E-state index in [0.29, 0.717) is 24.6 Å². The third-order valence-corrected chi connectivity index (χ3v) is 7.65. The number of aryl methyl sites for hydroxylation is 1. The molecule has 2 aromatic carbocycles. The van der Waals surface area contributed by atoms with Crippen LogP contribution < -0.4 is 5.32 Å². The van der Waals surface area contributed by atoms with Crippen LogP contribution in [0.5, 0.6) is 0 Å². The Balaban J connectivity index is 1.47. The van der Waals surface area contributed by atoms with Crippen LogP contribution in [-0.4, -0.2) is 51.9 Å². The number of sulfonamides is 1. The molecule has 1 fully saturated rings. The zero-order chi connectivity index (χ0) is 22.7. The van der Waals surface area contributed by atoms with Gasteiger partial charge in [-0.25, -0.2) is 8.42 Å². The van der Waals surface area contributed by atoms with Gasteiger partial charge in [0.2, 0.25) is 21.8 Å². The lowest BCUT2D eigenvalue weighted by molar-refractivity contribution is -0.117. The van der Waals surface area contributed by atoms with Crippen LogP contribution in [0.4, 0.5) is 5.69 Å². The van der Waals surface area contributed by atoms with E-state index in [1.807, 2.05) is 31.2 Å². The monoisotopic (exact) mass is 474 g/mol. The molecule has 0 saturated carbocycles. The Kier molecular flexibility index (Phi) is 6.54. The largest absolute Gasteiger partial charge is 0.324 e. The summed E-state index contributed by atoms with van der Waals surface area (Å²) in [7, 11) is -3.73. The maximum absolute atomic E-state index is 13.0. The fraction of sp³-hybridized carbons (Fsp3) is 0.333. The molecule has 1 aliphatic rings. The Morgan fingerprint density at radius 1 is 1.12 bits per heavy atom. The molecule has 0 unspecified atom stereocenters. The molecule has 11 heteroatoms. The zero-order valence-electron chi connectivity index (χ0n) is 17.5. The van der Waals surface area contributed by atoms with Gasteiger partial charge in [0.1, 0.15) is 11.4 Å². The Labute approximate surface area is 191 Å². The zero-order valence-corrected chi connectivity index (χ0v) is 19.1. The van der Waals surface area contributed by atoms with Gasteiger partial charge in [0.25, 0.3) is 0 Å². The van der Waals surface area contributed by atoms with E-state index in [4.69, 9.17) is 11.6 Å². The number of halogens is 1. The quantitative estimate of drug-likeness (QED) is 0.587. The van der Waals surface area contributed by atoms with Gasteiger partial charge in [0.15, 0.2) is 0 Å². The molecule has 3 aromatic rings. The maximum atomic E-state index is 13.0. The van der Waals surface area contributed by atoms with Crippen LogP contribution in [-0.2, 0) is 21.4 Å². The second-order valence-electron chi connectivity index (χ2n) is 7.62. The fourth-order valence-corrected chi connectivity index (χ4v) is 5.61. The molecule has 4 rings (SSSR count). The van der Waals surface area contributed by atoms with E-state index >= 15 is 0 Å². The van der Waals surface area contributed by atoms with Crippen molar-refractivity contribution in [3.63, 3.8) is 0 Å². The molecular formula is C21H23ClN6O3S. The molecule has 0 bridgehead atoms. The van der Waals surface area contributed by atoms with Crippen molar-refractivity contribution >= 4 is 33.2 Å². The third kappa shape index (κ3) is 4.82. The van der Waals surface area contributed by atoms with Crippen molar-refractivity contribution in [2.75, 3.05) is 18.4 Å². The van der Waals surface area contributed by atoms with Gasteiger partial charge in [-0.2, -0.15) is 9.10 Å². The Bertz CT molecular complexity index is 1240. The number of piperidine rings is 1. The van der Waals surface area contributed by atoms with E-state index in [-0.39, 0.29) is 16.5 Å². The summed E-state index contributed by atoms with van der Waals surface area (Å²) in [5, 5.41) is 15.0. The van der Waals surface area contributed by atoms with Crippen molar-refractivity contribution in [1.82, 2.24) is 24.5 Å². The highest BCUT2D eigenvalue weighted by Crippen LogP contribution is 2.29. The van der Waals surface area contributed by atoms with Crippen LogP contribution in [0.2, 0.25) is 5.02 Å². The molecule has 1 aromatic heterocycles. The number of tetrazole rings is 1. The van der Waals surface area contributed by atoms with Crippen molar-refractivity contribution in [1.29, 1.82) is 0 Å². The summed E-state index contributed by atoms with van der Waals surface area (Å²) >= 11 is 6.19. The van der Waals surface area contributed by atoms with Crippen LogP contribution in [0.15, 0.2) is 47.4 Å². The lowest BCUT2D eigenvalue weighted by atomic mass is 10.1. The van der Waals surface area contributed by atoms with Crippen molar-refractivity contribution in [2.45, 2.75) is 37.6 Å². The van der Waals surface area contributed by atoms with Crippen LogP contribution in [0.25, 0.3) is 11.4 Å². The molecule has 2 heterocycles. The number of amides is 1. The average molecular weight is 475 g/mol. The number of nitrogens with zero attached hydrogens (tertiary/aromatic N) is 5. The van der Waals surface area contributed by atoms with Crippen LogP contribution >= 0.6 is 11.6 Å². The number of nitrogens with one attached hydrogen (secondary N) is 1. The molecule has 168 valence electrons. The van der Waals surface area contributed by atoms with Crippen LogP contribution in [0, 0.1) is 6.92 Å². The summed E-state index contributed by atoms with van der Waals surface area (Å²) in [6.45, 7) is 2.71. The second-order valence-corrected chi connectivity index (χ2v) is 9.93. The maximum Gasteiger partial charge on any atom is 0.248 e. The fourth-order valence-electron chi connectivity index (χ4n) is 3.59. The number of carbonyl (C=O) groups is 1. The molecule has 9 nitrogen and oxygen atoms in total. The van der Waals surface area contributed by atoms with E-state index in [0.717, 1.165) is 30.4 Å². The summed E-state index contributed by atoms with van der Waals surface area (Å²) in [5.41, 5.74) is 2.17. The molecular weight excluding hydrogens is 452 g/mol. The van der Waals surface area contributed by atoms with Gasteiger partial charge in [-0.15, -0.1) is 10.2 Å². The van der Waals surface area contributed by atoms with Crippen LogP contribution in [0.3, 0.4) is 0 Å². The molecule has 32 heavy (non-hydrogen) atoms. The van der Waals surface area contributed by atoms with E-state index in [2.05, 4.69) is 20.7 Å². The molecule has 1 amide bonds. The Hall–Kier alpha value is -2.82. The molecule has 1 N–H and O–H groups in total. The van der Waals surface area contributed by atoms with Gasteiger partial charge in [-0.3, -0.25) is 4.79 Å². The summed E-state index contributed by atoms with van der Waals surface area (Å²) < 4.78 is 27.4. The predicted octanol–water partition coefficient (Wildman–Crippen LogP) is 3.12. The smallest absolute Gasteiger partial charge is 0.248 e. The Morgan fingerprint density at radius 2 is 1.88 bits per heavy atom. The second kappa shape index (κ2) is 9.35. The van der Waals surface area contributed by atoms with Crippen molar-refractivity contribution in [3.8, 4) is 11.4 Å². The molecule has 0 spiro atoms. The van der Waals surface area contributed by atoms with Crippen LogP contribution in [0.1, 0.15) is 24.8 Å². The Morgan fingerprint density at radius 3 is 2.62 bits per heavy atom. The van der Waals surface area contributed by atoms with E-state index in [1.165, 1.54) is 21.2 Å². The molecule has 1 aliphatic heterocycles. The first-order chi connectivity index (χ1) is 15.3. The highest BCUT2D eigenvalue weighted by Gasteiger charge is 2.28. The van der Waals surface area contributed by atoms with Gasteiger partial charge in [0, 0.05) is 24.3 Å². The summed E-state index contributed by atoms with van der Waals surface area (Å²) in [4.78, 5) is 13.7. The first-order valence-corrected chi connectivity index (χ1v) is 12.1. The highest BCUT2D eigenvalue weighted by atomic mass is 35.5. The van der Waals surface area contributed by atoms with E-state index < -0.39 is 15.9 Å². The van der Waals surface area contributed by atoms with Crippen molar-refractivity contribution in [3.05, 3.63) is 53.1 Å². The first-order valence-electron chi connectivity index (χ1n) is 10.3. The SMILES string of the molecule is Cc1ccccc1-c1nnn(CC(=O)Nc2ccc(Cl)c(S(=O)(=O)N3CCCCC3)c2)n1. The van der Waals surface area contributed by atoms with Crippen molar-refractivity contribution < 1.29 is 13.2 Å². The lowest BCUT2D eigenvalue weighted by Crippen LogP contribution is -2.35. The molecule has 0 radical (unpaired) electrons. The van der Waals surface area contributed by atoms with Gasteiger partial charge >= 0.3 is 0 Å². The average Bonchev–Trinajstić information content (AvgIpc) is 3.24. The number of rotatable bonds is 6. The number of hydrogen-bond acceptors (Lipinski definition) is 6. The first kappa shape index (κ1) is 22.4. The number of hydrogen-bond donors (Lipinski definition) is 1. The minimum Gasteiger partial charge on any atom is -0.324 e. The normalized spacial score (nSPS) is 14.9. The minimum absolute atomic E-state index is 0.0143.